The van der Waals surface area contributed by atoms with Crippen LogP contribution in [0.2, 0.25) is 0 Å². The summed E-state index contributed by atoms with van der Waals surface area (Å²) in [6, 6.07) is 21.2. The van der Waals surface area contributed by atoms with Crippen LogP contribution in [0.1, 0.15) is 42.9 Å². The van der Waals surface area contributed by atoms with Gasteiger partial charge < -0.3 is 4.74 Å². The van der Waals surface area contributed by atoms with Gasteiger partial charge >= 0.3 is 0 Å². The Kier molecular flexibility index (Phi) is 9.26. The Morgan fingerprint density at radius 2 is 1.52 bits per heavy atom. The lowest BCUT2D eigenvalue weighted by Gasteiger charge is -2.02. The molecule has 0 saturated carbocycles. The third-order valence-corrected chi connectivity index (χ3v) is 4.35. The fourth-order valence-electron chi connectivity index (χ4n) is 2.12. The number of ketones is 1. The monoisotopic (exact) mass is 354 g/mol. The van der Waals surface area contributed by atoms with Crippen LogP contribution in [-0.4, -0.2) is 12.9 Å². The van der Waals surface area contributed by atoms with Gasteiger partial charge in [-0.3, -0.25) is 4.79 Å². The van der Waals surface area contributed by atoms with E-state index in [9.17, 15) is 4.79 Å². The van der Waals surface area contributed by atoms with E-state index in [1.807, 2.05) is 88.4 Å². The maximum absolute atomic E-state index is 12.5. The summed E-state index contributed by atoms with van der Waals surface area (Å²) in [5, 5.41) is 0. The van der Waals surface area contributed by atoms with Gasteiger partial charge in [0, 0.05) is 10.4 Å². The van der Waals surface area contributed by atoms with E-state index in [0.717, 1.165) is 15.3 Å². The Labute approximate surface area is 155 Å². The number of methoxy groups -OCH3 is 1. The van der Waals surface area contributed by atoms with Crippen LogP contribution in [0.25, 0.3) is 10.4 Å². The molecule has 1 heterocycles. The zero-order valence-corrected chi connectivity index (χ0v) is 16.4. The number of carbonyl (C=O) groups excluding carboxylic acids is 1. The molecule has 0 unspecified atom stereocenters. The van der Waals surface area contributed by atoms with Crippen LogP contribution in [0.3, 0.4) is 0 Å². The number of thiophene rings is 1. The van der Waals surface area contributed by atoms with Gasteiger partial charge in [-0.2, -0.15) is 0 Å². The summed E-state index contributed by atoms with van der Waals surface area (Å²) in [7, 11) is 1.60. The Morgan fingerprint density at radius 1 is 0.840 bits per heavy atom. The molecular weight excluding hydrogens is 328 g/mol. The molecule has 3 heteroatoms. The molecule has 0 fully saturated rings. The molecule has 0 aliphatic rings. The maximum atomic E-state index is 12.5. The molecule has 25 heavy (non-hydrogen) atoms. The van der Waals surface area contributed by atoms with Gasteiger partial charge in [-0.25, -0.2) is 0 Å². The third kappa shape index (κ3) is 5.57. The van der Waals surface area contributed by atoms with Crippen LogP contribution in [0, 0.1) is 0 Å². The lowest BCUT2D eigenvalue weighted by molar-refractivity contribution is 0.104. The van der Waals surface area contributed by atoms with Gasteiger partial charge in [0.1, 0.15) is 5.75 Å². The summed E-state index contributed by atoms with van der Waals surface area (Å²) in [6.07, 6.45) is 0. The van der Waals surface area contributed by atoms with E-state index in [2.05, 4.69) is 0 Å². The quantitative estimate of drug-likeness (QED) is 0.487. The Bertz CT molecular complexity index is 760. The van der Waals surface area contributed by atoms with E-state index >= 15 is 0 Å². The van der Waals surface area contributed by atoms with Gasteiger partial charge in [-0.05, 0) is 29.8 Å². The molecule has 132 valence electrons. The van der Waals surface area contributed by atoms with Gasteiger partial charge in [0.15, 0.2) is 0 Å². The third-order valence-electron chi connectivity index (χ3n) is 3.22. The van der Waals surface area contributed by atoms with Crippen molar-refractivity contribution in [2.24, 2.45) is 0 Å². The summed E-state index contributed by atoms with van der Waals surface area (Å²) < 4.78 is 5.17. The molecule has 3 rings (SSSR count). The SMILES string of the molecule is CC.CC.COc1cccc(C(=O)c2ccc(-c3ccccc3)s2)c1. The summed E-state index contributed by atoms with van der Waals surface area (Å²) in [5.74, 6) is 0.724. The van der Waals surface area contributed by atoms with Crippen LogP contribution in [0.5, 0.6) is 5.75 Å². The lowest BCUT2D eigenvalue weighted by Crippen LogP contribution is -1.98. The highest BCUT2D eigenvalue weighted by Gasteiger charge is 2.13. The van der Waals surface area contributed by atoms with Crippen LogP contribution in [0.15, 0.2) is 66.7 Å². The first-order valence-corrected chi connectivity index (χ1v) is 9.43. The topological polar surface area (TPSA) is 26.3 Å². The molecule has 2 nitrogen and oxygen atoms in total. The predicted octanol–water partition coefficient (Wildman–Crippen LogP) is 6.71. The highest BCUT2D eigenvalue weighted by Crippen LogP contribution is 2.29. The second kappa shape index (κ2) is 11.2. The first-order chi connectivity index (χ1) is 12.3. The number of hydrogen-bond donors (Lipinski definition) is 0. The molecule has 0 saturated heterocycles. The van der Waals surface area contributed by atoms with E-state index in [4.69, 9.17) is 4.74 Å². The van der Waals surface area contributed by atoms with Crippen molar-refractivity contribution >= 4 is 17.1 Å². The average molecular weight is 355 g/mol. The summed E-state index contributed by atoms with van der Waals surface area (Å²) in [4.78, 5) is 14.4. The molecule has 0 aliphatic heterocycles. The van der Waals surface area contributed by atoms with Crippen LogP contribution in [-0.2, 0) is 0 Å². The zero-order valence-electron chi connectivity index (χ0n) is 15.6. The Morgan fingerprint density at radius 3 is 2.16 bits per heavy atom. The van der Waals surface area contributed by atoms with E-state index in [0.29, 0.717) is 11.3 Å². The Hall–Kier alpha value is -2.39. The van der Waals surface area contributed by atoms with Crippen molar-refractivity contribution in [3.63, 3.8) is 0 Å². The number of rotatable bonds is 4. The molecule has 0 bridgehead atoms. The average Bonchev–Trinajstić information content (AvgIpc) is 3.21. The lowest BCUT2D eigenvalue weighted by atomic mass is 10.1. The van der Waals surface area contributed by atoms with Crippen molar-refractivity contribution in [2.45, 2.75) is 27.7 Å². The van der Waals surface area contributed by atoms with Crippen molar-refractivity contribution in [3.05, 3.63) is 77.2 Å². The molecule has 0 radical (unpaired) electrons. The minimum atomic E-state index is 0.0288. The molecule has 0 spiro atoms. The van der Waals surface area contributed by atoms with Gasteiger partial charge in [0.25, 0.3) is 0 Å². The number of ether oxygens (including phenoxy) is 1. The van der Waals surface area contributed by atoms with Gasteiger partial charge in [-0.15, -0.1) is 11.3 Å². The summed E-state index contributed by atoms with van der Waals surface area (Å²) in [6.45, 7) is 8.00. The van der Waals surface area contributed by atoms with E-state index < -0.39 is 0 Å². The zero-order chi connectivity index (χ0) is 18.7. The first-order valence-electron chi connectivity index (χ1n) is 8.62. The maximum Gasteiger partial charge on any atom is 0.203 e. The van der Waals surface area contributed by atoms with Crippen LogP contribution in [0.4, 0.5) is 0 Å². The summed E-state index contributed by atoms with van der Waals surface area (Å²) in [5.41, 5.74) is 1.78. The van der Waals surface area contributed by atoms with Crippen molar-refractivity contribution in [2.75, 3.05) is 7.11 Å². The largest absolute Gasteiger partial charge is 0.497 e. The molecule has 0 N–H and O–H groups in total. The smallest absolute Gasteiger partial charge is 0.203 e. The molecule has 3 aromatic rings. The fourth-order valence-corrected chi connectivity index (χ4v) is 3.10. The normalized spacial score (nSPS) is 9.16. The predicted molar refractivity (Wildman–Crippen MR) is 109 cm³/mol. The molecule has 0 amide bonds. The molecule has 0 aliphatic carbocycles. The first kappa shape index (κ1) is 20.7. The molecule has 1 aromatic heterocycles. The van der Waals surface area contributed by atoms with Crippen molar-refractivity contribution in [3.8, 4) is 16.2 Å². The second-order valence-corrected chi connectivity index (χ2v) is 5.67. The van der Waals surface area contributed by atoms with Crippen molar-refractivity contribution in [1.29, 1.82) is 0 Å². The minimum absolute atomic E-state index is 0.0288. The standard InChI is InChI=1S/C18H14O2S.2C2H6/c1-20-15-9-5-8-14(12-15)18(19)17-11-10-16(21-17)13-6-3-2-4-7-13;2*1-2/h2-12H,1H3;2*1-2H3. The highest BCUT2D eigenvalue weighted by atomic mass is 32.1. The second-order valence-electron chi connectivity index (χ2n) is 4.59. The van der Waals surface area contributed by atoms with Gasteiger partial charge in [0.2, 0.25) is 5.78 Å². The fraction of sp³-hybridized carbons (Fsp3) is 0.227. The number of carbonyl (C=O) groups is 1. The van der Waals surface area contributed by atoms with E-state index in [1.165, 1.54) is 11.3 Å². The highest BCUT2D eigenvalue weighted by molar-refractivity contribution is 7.17. The van der Waals surface area contributed by atoms with Crippen molar-refractivity contribution in [1.82, 2.24) is 0 Å². The van der Waals surface area contributed by atoms with Crippen molar-refractivity contribution < 1.29 is 9.53 Å². The van der Waals surface area contributed by atoms with E-state index in [-0.39, 0.29) is 5.78 Å². The van der Waals surface area contributed by atoms with Crippen LogP contribution < -0.4 is 4.74 Å². The summed E-state index contributed by atoms with van der Waals surface area (Å²) >= 11 is 1.51. The number of benzene rings is 2. The van der Waals surface area contributed by atoms with Crippen LogP contribution >= 0.6 is 11.3 Å². The molecule has 2 aromatic carbocycles. The Balaban J connectivity index is 0.000000730. The number of hydrogen-bond acceptors (Lipinski definition) is 3. The molecular formula is C22H26O2S. The molecule has 0 atom stereocenters. The minimum Gasteiger partial charge on any atom is -0.497 e. The van der Waals surface area contributed by atoms with Gasteiger partial charge in [0.05, 0.1) is 12.0 Å². The van der Waals surface area contributed by atoms with E-state index in [1.54, 1.807) is 13.2 Å². The van der Waals surface area contributed by atoms with Gasteiger partial charge in [-0.1, -0.05) is 70.2 Å².